The van der Waals surface area contributed by atoms with Crippen LogP contribution in [-0.4, -0.2) is 34.4 Å². The van der Waals surface area contributed by atoms with Gasteiger partial charge in [0.05, 0.1) is 29.4 Å². The number of aromatic nitrogens is 2. The van der Waals surface area contributed by atoms with Crippen molar-refractivity contribution in [2.24, 2.45) is 0 Å². The predicted molar refractivity (Wildman–Crippen MR) is 85.4 cm³/mol. The molecule has 1 saturated carbocycles. The zero-order valence-electron chi connectivity index (χ0n) is 13.9. The number of nitrogens with one attached hydrogen (secondary N) is 1. The van der Waals surface area contributed by atoms with Gasteiger partial charge in [-0.2, -0.15) is 18.3 Å². The van der Waals surface area contributed by atoms with E-state index in [0.717, 1.165) is 25.7 Å². The molecular weight excluding hydrogens is 359 g/mol. The SMILES string of the molecule is C[C@@H](NC(=O)CCn1nc(C(F)(F)F)c(Cl)c1C1CC1)[C@H]1CCCO1. The minimum absolute atomic E-state index is 0.00181. The van der Waals surface area contributed by atoms with E-state index in [1.54, 1.807) is 0 Å². The fraction of sp³-hybridized carbons (Fsp3) is 0.750. The molecule has 25 heavy (non-hydrogen) atoms. The summed E-state index contributed by atoms with van der Waals surface area (Å²) in [5, 5.41) is 6.14. The third kappa shape index (κ3) is 4.28. The molecule has 2 aliphatic rings. The number of amides is 1. The van der Waals surface area contributed by atoms with Crippen LogP contribution in [-0.2, 0) is 22.3 Å². The van der Waals surface area contributed by atoms with Gasteiger partial charge in [0.1, 0.15) is 0 Å². The molecule has 1 aromatic rings. The van der Waals surface area contributed by atoms with Crippen LogP contribution in [0, 0.1) is 0 Å². The Morgan fingerprint density at radius 3 is 2.72 bits per heavy atom. The standard InChI is InChI=1S/C16H21ClF3N3O2/c1-9(11-3-2-8-25-11)21-12(24)6-7-23-14(10-4-5-10)13(17)15(22-23)16(18,19)20/h9-11H,2-8H2,1H3,(H,21,24)/t9-,11-/m1/s1. The summed E-state index contributed by atoms with van der Waals surface area (Å²) in [4.78, 5) is 12.1. The van der Waals surface area contributed by atoms with Crippen molar-refractivity contribution in [3.05, 3.63) is 16.4 Å². The zero-order valence-corrected chi connectivity index (χ0v) is 14.7. The number of ether oxygens (including phenoxy) is 1. The molecule has 140 valence electrons. The molecular formula is C16H21ClF3N3O2. The fourth-order valence-electron chi connectivity index (χ4n) is 3.17. The van der Waals surface area contributed by atoms with Crippen LogP contribution in [0.25, 0.3) is 0 Å². The van der Waals surface area contributed by atoms with Gasteiger partial charge in [0.2, 0.25) is 5.91 Å². The van der Waals surface area contributed by atoms with Crippen molar-refractivity contribution in [3.8, 4) is 0 Å². The molecule has 1 aliphatic carbocycles. The number of rotatable bonds is 6. The maximum Gasteiger partial charge on any atom is 0.436 e. The maximum atomic E-state index is 13.0. The molecule has 1 amide bonds. The predicted octanol–water partition coefficient (Wildman–Crippen LogP) is 3.51. The minimum atomic E-state index is -4.59. The number of carbonyl (C=O) groups is 1. The van der Waals surface area contributed by atoms with E-state index in [4.69, 9.17) is 16.3 Å². The van der Waals surface area contributed by atoms with Gasteiger partial charge >= 0.3 is 6.18 Å². The normalized spacial score (nSPS) is 22.2. The first-order valence-electron chi connectivity index (χ1n) is 8.51. The lowest BCUT2D eigenvalue weighted by Gasteiger charge is -2.20. The molecule has 0 spiro atoms. The Hall–Kier alpha value is -1.28. The number of hydrogen-bond donors (Lipinski definition) is 1. The first kappa shape index (κ1) is 18.5. The van der Waals surface area contributed by atoms with Crippen LogP contribution in [0.4, 0.5) is 13.2 Å². The van der Waals surface area contributed by atoms with Crippen LogP contribution < -0.4 is 5.32 Å². The Labute approximate surface area is 148 Å². The third-order valence-corrected chi connectivity index (χ3v) is 5.00. The lowest BCUT2D eigenvalue weighted by Crippen LogP contribution is -2.41. The zero-order chi connectivity index (χ0) is 18.2. The first-order valence-corrected chi connectivity index (χ1v) is 8.89. The maximum absolute atomic E-state index is 13.0. The number of hydrogen-bond acceptors (Lipinski definition) is 3. The smallest absolute Gasteiger partial charge is 0.376 e. The Balaban J connectivity index is 1.63. The van der Waals surface area contributed by atoms with Gasteiger partial charge in [0.15, 0.2) is 5.69 Å². The lowest BCUT2D eigenvalue weighted by atomic mass is 10.1. The molecule has 2 fully saturated rings. The van der Waals surface area contributed by atoms with Gasteiger partial charge in [0, 0.05) is 18.9 Å². The van der Waals surface area contributed by atoms with E-state index in [9.17, 15) is 18.0 Å². The molecule has 1 aliphatic heterocycles. The second-order valence-electron chi connectivity index (χ2n) is 6.70. The van der Waals surface area contributed by atoms with E-state index in [1.807, 2.05) is 6.92 Å². The van der Waals surface area contributed by atoms with Gasteiger partial charge in [-0.25, -0.2) is 0 Å². The molecule has 1 aromatic heterocycles. The molecule has 3 rings (SSSR count). The Bertz CT molecular complexity index is 637. The Kier molecular flexibility index (Phi) is 5.29. The summed E-state index contributed by atoms with van der Waals surface area (Å²) < 4.78 is 45.8. The molecule has 2 heterocycles. The molecule has 1 N–H and O–H groups in total. The van der Waals surface area contributed by atoms with Crippen LogP contribution in [0.3, 0.4) is 0 Å². The van der Waals surface area contributed by atoms with E-state index in [2.05, 4.69) is 10.4 Å². The summed E-state index contributed by atoms with van der Waals surface area (Å²) in [6, 6.07) is -0.121. The van der Waals surface area contributed by atoms with Crippen LogP contribution in [0.5, 0.6) is 0 Å². The van der Waals surface area contributed by atoms with Gasteiger partial charge in [-0.05, 0) is 32.6 Å². The average molecular weight is 380 g/mol. The number of aryl methyl sites for hydroxylation is 1. The minimum Gasteiger partial charge on any atom is -0.376 e. The van der Waals surface area contributed by atoms with Crippen LogP contribution >= 0.6 is 11.6 Å². The highest BCUT2D eigenvalue weighted by molar-refractivity contribution is 6.32. The molecule has 0 aromatic carbocycles. The molecule has 1 saturated heterocycles. The number of carbonyl (C=O) groups excluding carboxylic acids is 1. The highest BCUT2D eigenvalue weighted by atomic mass is 35.5. The summed E-state index contributed by atoms with van der Waals surface area (Å²) in [6.45, 7) is 2.64. The van der Waals surface area contributed by atoms with E-state index in [-0.39, 0.29) is 42.0 Å². The highest BCUT2D eigenvalue weighted by Gasteiger charge is 2.42. The quantitative estimate of drug-likeness (QED) is 0.823. The Morgan fingerprint density at radius 2 is 2.16 bits per heavy atom. The Morgan fingerprint density at radius 1 is 1.44 bits per heavy atom. The van der Waals surface area contributed by atoms with Crippen molar-refractivity contribution in [2.75, 3.05) is 6.61 Å². The van der Waals surface area contributed by atoms with Crippen molar-refractivity contribution < 1.29 is 22.7 Å². The van der Waals surface area contributed by atoms with Gasteiger partial charge in [-0.1, -0.05) is 11.6 Å². The molecule has 0 radical (unpaired) electrons. The van der Waals surface area contributed by atoms with Crippen molar-refractivity contribution in [1.82, 2.24) is 15.1 Å². The molecule has 2 atom stereocenters. The average Bonchev–Trinajstić information content (AvgIpc) is 3.08. The van der Waals surface area contributed by atoms with Gasteiger partial charge in [-0.15, -0.1) is 0 Å². The number of nitrogens with zero attached hydrogens (tertiary/aromatic N) is 2. The second kappa shape index (κ2) is 7.15. The summed E-state index contributed by atoms with van der Waals surface area (Å²) in [5.74, 6) is -0.227. The number of alkyl halides is 3. The highest BCUT2D eigenvalue weighted by Crippen LogP contribution is 2.46. The molecule has 5 nitrogen and oxygen atoms in total. The van der Waals surface area contributed by atoms with Crippen molar-refractivity contribution in [1.29, 1.82) is 0 Å². The van der Waals surface area contributed by atoms with Gasteiger partial charge in [0.25, 0.3) is 0 Å². The summed E-state index contributed by atoms with van der Waals surface area (Å²) in [7, 11) is 0. The van der Waals surface area contributed by atoms with E-state index in [0.29, 0.717) is 12.3 Å². The third-order valence-electron chi connectivity index (χ3n) is 4.63. The van der Waals surface area contributed by atoms with Crippen molar-refractivity contribution in [3.63, 3.8) is 0 Å². The lowest BCUT2D eigenvalue weighted by molar-refractivity contribution is -0.141. The number of halogens is 4. The van der Waals surface area contributed by atoms with E-state index >= 15 is 0 Å². The van der Waals surface area contributed by atoms with Crippen LogP contribution in [0.15, 0.2) is 0 Å². The van der Waals surface area contributed by atoms with Crippen LogP contribution in [0.1, 0.15) is 56.3 Å². The summed E-state index contributed by atoms with van der Waals surface area (Å²) in [6.07, 6.45) is -1.08. The second-order valence-corrected chi connectivity index (χ2v) is 7.08. The fourth-order valence-corrected chi connectivity index (χ4v) is 3.57. The van der Waals surface area contributed by atoms with Crippen molar-refractivity contribution >= 4 is 17.5 Å². The molecule has 9 heteroatoms. The molecule has 0 unspecified atom stereocenters. The summed E-state index contributed by atoms with van der Waals surface area (Å²) >= 11 is 5.91. The summed E-state index contributed by atoms with van der Waals surface area (Å²) in [5.41, 5.74) is -0.668. The van der Waals surface area contributed by atoms with Gasteiger partial charge in [-0.3, -0.25) is 9.48 Å². The van der Waals surface area contributed by atoms with Crippen molar-refractivity contribution in [2.45, 2.75) is 69.8 Å². The molecule has 0 bridgehead atoms. The topological polar surface area (TPSA) is 56.2 Å². The van der Waals surface area contributed by atoms with Crippen LogP contribution in [0.2, 0.25) is 5.02 Å². The largest absolute Gasteiger partial charge is 0.436 e. The monoisotopic (exact) mass is 379 g/mol. The van der Waals surface area contributed by atoms with Gasteiger partial charge < -0.3 is 10.1 Å². The van der Waals surface area contributed by atoms with E-state index < -0.39 is 11.9 Å². The van der Waals surface area contributed by atoms with E-state index in [1.165, 1.54) is 4.68 Å². The first-order chi connectivity index (χ1) is 11.8.